The number of nitrogens with one attached hydrogen (secondary N) is 1. The molecule has 126 valence electrons. The average molecular weight is 346 g/mol. The van der Waals surface area contributed by atoms with Crippen LogP contribution in [0.5, 0.6) is 5.75 Å². The molecule has 1 aliphatic rings. The van der Waals surface area contributed by atoms with Crippen LogP contribution in [0, 0.1) is 6.92 Å². The molecule has 1 atom stereocenters. The number of ether oxygens (including phenoxy) is 2. The van der Waals surface area contributed by atoms with Gasteiger partial charge in [-0.05, 0) is 55.7 Å². The molecule has 0 aliphatic carbocycles. The highest BCUT2D eigenvalue weighted by atomic mass is 35.5. The van der Waals surface area contributed by atoms with E-state index in [1.54, 1.807) is 24.3 Å². The molecule has 3 rings (SSSR count). The number of hydrogen-bond acceptors (Lipinski definition) is 3. The van der Waals surface area contributed by atoms with Crippen molar-refractivity contribution < 1.29 is 14.3 Å². The highest BCUT2D eigenvalue weighted by molar-refractivity contribution is 6.30. The zero-order valence-electron chi connectivity index (χ0n) is 13.5. The van der Waals surface area contributed by atoms with E-state index in [0.29, 0.717) is 22.9 Å². The molecule has 2 aromatic carbocycles. The van der Waals surface area contributed by atoms with Gasteiger partial charge >= 0.3 is 0 Å². The van der Waals surface area contributed by atoms with Gasteiger partial charge in [0.15, 0.2) is 0 Å². The lowest BCUT2D eigenvalue weighted by atomic mass is 10.1. The molecular formula is C19H20ClNO3. The van der Waals surface area contributed by atoms with Crippen LogP contribution in [-0.2, 0) is 4.74 Å². The van der Waals surface area contributed by atoms with Crippen LogP contribution in [0.15, 0.2) is 42.5 Å². The van der Waals surface area contributed by atoms with E-state index in [1.165, 1.54) is 0 Å². The van der Waals surface area contributed by atoms with Crippen LogP contribution in [0.25, 0.3) is 0 Å². The summed E-state index contributed by atoms with van der Waals surface area (Å²) in [7, 11) is 0. The van der Waals surface area contributed by atoms with E-state index >= 15 is 0 Å². The van der Waals surface area contributed by atoms with E-state index in [-0.39, 0.29) is 12.0 Å². The summed E-state index contributed by atoms with van der Waals surface area (Å²) in [5.41, 5.74) is 2.15. The van der Waals surface area contributed by atoms with Gasteiger partial charge in [0.05, 0.1) is 11.7 Å². The molecule has 1 heterocycles. The van der Waals surface area contributed by atoms with Crippen molar-refractivity contribution in [2.75, 3.05) is 18.5 Å². The molecule has 1 N–H and O–H groups in total. The number of carbonyl (C=O) groups excluding carboxylic acids is 1. The summed E-state index contributed by atoms with van der Waals surface area (Å²) in [5, 5.41) is 3.56. The van der Waals surface area contributed by atoms with Crippen LogP contribution in [0.2, 0.25) is 5.02 Å². The number of hydrogen-bond donors (Lipinski definition) is 1. The lowest BCUT2D eigenvalue weighted by Crippen LogP contribution is -2.19. The van der Waals surface area contributed by atoms with Crippen molar-refractivity contribution >= 4 is 23.2 Å². The molecular weight excluding hydrogens is 326 g/mol. The van der Waals surface area contributed by atoms with E-state index in [9.17, 15) is 4.79 Å². The summed E-state index contributed by atoms with van der Waals surface area (Å²) in [4.78, 5) is 12.6. The van der Waals surface area contributed by atoms with Gasteiger partial charge in [-0.15, -0.1) is 0 Å². The average Bonchev–Trinajstić information content (AvgIpc) is 3.09. The number of amides is 1. The molecule has 0 radical (unpaired) electrons. The van der Waals surface area contributed by atoms with Gasteiger partial charge < -0.3 is 14.8 Å². The lowest BCUT2D eigenvalue weighted by Gasteiger charge is -2.15. The van der Waals surface area contributed by atoms with Gasteiger partial charge in [-0.3, -0.25) is 4.79 Å². The second-order valence-electron chi connectivity index (χ2n) is 5.86. The molecule has 1 fully saturated rings. The Kier molecular flexibility index (Phi) is 5.38. The highest BCUT2D eigenvalue weighted by Gasteiger charge is 2.18. The first-order valence-corrected chi connectivity index (χ1v) is 8.42. The van der Waals surface area contributed by atoms with Gasteiger partial charge in [0.25, 0.3) is 5.91 Å². The predicted octanol–water partition coefficient (Wildman–Crippen LogP) is 4.46. The number of halogens is 1. The van der Waals surface area contributed by atoms with Gasteiger partial charge in [-0.25, -0.2) is 0 Å². The first-order chi connectivity index (χ1) is 11.6. The summed E-state index contributed by atoms with van der Waals surface area (Å²) in [6, 6.07) is 12.6. The van der Waals surface area contributed by atoms with Crippen molar-refractivity contribution in [3.05, 3.63) is 58.6 Å². The molecule has 1 saturated heterocycles. The monoisotopic (exact) mass is 345 g/mol. The first-order valence-electron chi connectivity index (χ1n) is 8.04. The summed E-state index contributed by atoms with van der Waals surface area (Å²) >= 11 is 5.95. The minimum Gasteiger partial charge on any atom is -0.490 e. The maximum atomic E-state index is 12.6. The van der Waals surface area contributed by atoms with Crippen LogP contribution < -0.4 is 10.1 Å². The Bertz CT molecular complexity index is 726. The van der Waals surface area contributed by atoms with Crippen LogP contribution in [0.3, 0.4) is 0 Å². The first kappa shape index (κ1) is 16.8. The van der Waals surface area contributed by atoms with Gasteiger partial charge in [0.1, 0.15) is 12.4 Å². The van der Waals surface area contributed by atoms with Gasteiger partial charge in [0.2, 0.25) is 0 Å². The highest BCUT2D eigenvalue weighted by Crippen LogP contribution is 2.24. The molecule has 1 amide bonds. The number of carbonyl (C=O) groups is 1. The predicted molar refractivity (Wildman–Crippen MR) is 95.1 cm³/mol. The fraction of sp³-hybridized carbons (Fsp3) is 0.316. The fourth-order valence-corrected chi connectivity index (χ4v) is 2.92. The molecule has 0 spiro atoms. The minimum absolute atomic E-state index is 0.111. The van der Waals surface area contributed by atoms with E-state index in [2.05, 4.69) is 5.32 Å². The zero-order chi connectivity index (χ0) is 16.9. The van der Waals surface area contributed by atoms with Crippen LogP contribution >= 0.6 is 11.6 Å². The van der Waals surface area contributed by atoms with Crippen molar-refractivity contribution in [1.29, 1.82) is 0 Å². The molecule has 0 saturated carbocycles. The van der Waals surface area contributed by atoms with Crippen LogP contribution in [0.1, 0.15) is 28.8 Å². The summed E-state index contributed by atoms with van der Waals surface area (Å²) in [6.45, 7) is 3.15. The molecule has 1 unspecified atom stereocenters. The smallest absolute Gasteiger partial charge is 0.259 e. The second-order valence-corrected chi connectivity index (χ2v) is 6.29. The van der Waals surface area contributed by atoms with E-state index in [1.807, 2.05) is 25.1 Å². The Labute approximate surface area is 146 Å². The summed E-state index contributed by atoms with van der Waals surface area (Å²) < 4.78 is 11.4. The Morgan fingerprint density at radius 2 is 2.17 bits per heavy atom. The third-order valence-corrected chi connectivity index (χ3v) is 4.25. The van der Waals surface area contributed by atoms with Crippen LogP contribution in [0.4, 0.5) is 5.69 Å². The molecule has 1 aliphatic heterocycles. The van der Waals surface area contributed by atoms with E-state index < -0.39 is 0 Å². The maximum absolute atomic E-state index is 12.6. The quantitative estimate of drug-likeness (QED) is 0.870. The number of aryl methyl sites for hydroxylation is 1. The van der Waals surface area contributed by atoms with Crippen molar-refractivity contribution in [2.45, 2.75) is 25.9 Å². The third-order valence-electron chi connectivity index (χ3n) is 4.02. The Balaban J connectivity index is 1.72. The van der Waals surface area contributed by atoms with Crippen molar-refractivity contribution in [3.8, 4) is 5.75 Å². The number of benzene rings is 2. The van der Waals surface area contributed by atoms with Crippen molar-refractivity contribution in [3.63, 3.8) is 0 Å². The van der Waals surface area contributed by atoms with E-state index in [0.717, 1.165) is 30.7 Å². The Morgan fingerprint density at radius 3 is 2.92 bits per heavy atom. The molecule has 4 nitrogen and oxygen atoms in total. The standard InChI is InChI=1S/C19H20ClNO3/c1-13-11-14(20)8-9-17(13)21-19(22)16-6-2-3-7-18(16)24-12-15-5-4-10-23-15/h2-3,6-9,11,15H,4-5,10,12H2,1H3,(H,21,22). The molecule has 0 bridgehead atoms. The summed E-state index contributed by atoms with van der Waals surface area (Å²) in [6.07, 6.45) is 2.17. The second kappa shape index (κ2) is 7.69. The van der Waals surface area contributed by atoms with Crippen LogP contribution in [-0.4, -0.2) is 25.2 Å². The SMILES string of the molecule is Cc1cc(Cl)ccc1NC(=O)c1ccccc1OCC1CCCO1. The molecule has 2 aromatic rings. The molecule has 24 heavy (non-hydrogen) atoms. The van der Waals surface area contributed by atoms with E-state index in [4.69, 9.17) is 21.1 Å². The van der Waals surface area contributed by atoms with Gasteiger partial charge in [0, 0.05) is 17.3 Å². The Hall–Kier alpha value is -2.04. The lowest BCUT2D eigenvalue weighted by molar-refractivity contribution is 0.0673. The largest absolute Gasteiger partial charge is 0.490 e. The minimum atomic E-state index is -0.205. The third kappa shape index (κ3) is 4.08. The zero-order valence-corrected chi connectivity index (χ0v) is 14.3. The molecule has 0 aromatic heterocycles. The topological polar surface area (TPSA) is 47.6 Å². The Morgan fingerprint density at radius 1 is 1.33 bits per heavy atom. The van der Waals surface area contributed by atoms with Crippen molar-refractivity contribution in [2.24, 2.45) is 0 Å². The number of rotatable bonds is 5. The van der Waals surface area contributed by atoms with Crippen molar-refractivity contribution in [1.82, 2.24) is 0 Å². The van der Waals surface area contributed by atoms with Gasteiger partial charge in [-0.2, -0.15) is 0 Å². The number of anilines is 1. The molecule has 5 heteroatoms. The maximum Gasteiger partial charge on any atom is 0.259 e. The fourth-order valence-electron chi connectivity index (χ4n) is 2.70. The number of para-hydroxylation sites is 1. The van der Waals surface area contributed by atoms with Gasteiger partial charge in [-0.1, -0.05) is 23.7 Å². The summed E-state index contributed by atoms with van der Waals surface area (Å²) in [5.74, 6) is 0.362. The normalized spacial score (nSPS) is 16.8.